The number of nitrogens with zero attached hydrogens (tertiary/aromatic N) is 1. The van der Waals surface area contributed by atoms with Crippen molar-refractivity contribution in [1.29, 1.82) is 0 Å². The van der Waals surface area contributed by atoms with E-state index in [4.69, 9.17) is 4.74 Å². The van der Waals surface area contributed by atoms with Gasteiger partial charge in [0, 0.05) is 5.92 Å². The fourth-order valence-corrected chi connectivity index (χ4v) is 4.85. The van der Waals surface area contributed by atoms with Gasteiger partial charge in [-0.1, -0.05) is 48.5 Å². The van der Waals surface area contributed by atoms with E-state index in [9.17, 15) is 24.6 Å². The van der Waals surface area contributed by atoms with Crippen molar-refractivity contribution in [3.05, 3.63) is 87.2 Å². The van der Waals surface area contributed by atoms with Gasteiger partial charge in [0.05, 0.1) is 10.6 Å². The zero-order valence-corrected chi connectivity index (χ0v) is 18.3. The highest BCUT2D eigenvalue weighted by Crippen LogP contribution is 2.44. The van der Waals surface area contributed by atoms with E-state index in [-0.39, 0.29) is 24.0 Å². The first kappa shape index (κ1) is 21.4. The van der Waals surface area contributed by atoms with Gasteiger partial charge in [0.1, 0.15) is 6.61 Å². The molecule has 1 amide bonds. The molecular formula is C24H17N3O6S. The SMILES string of the molecule is O=C(Nc1ccsc1-c1nc(C(=O)O)c(O)c(=O)[nH]1)OCC1c2ccccc2-c2ccccc21. The van der Waals surface area contributed by atoms with Gasteiger partial charge in [-0.2, -0.15) is 0 Å². The lowest BCUT2D eigenvalue weighted by Gasteiger charge is -2.14. The first-order valence-electron chi connectivity index (χ1n) is 10.2. The number of aromatic nitrogens is 2. The van der Waals surface area contributed by atoms with E-state index >= 15 is 0 Å². The molecule has 4 aromatic rings. The predicted molar refractivity (Wildman–Crippen MR) is 125 cm³/mol. The van der Waals surface area contributed by atoms with Gasteiger partial charge in [-0.3, -0.25) is 10.1 Å². The Kier molecular flexibility index (Phi) is 5.34. The molecule has 5 rings (SSSR count). The van der Waals surface area contributed by atoms with E-state index in [0.29, 0.717) is 4.88 Å². The summed E-state index contributed by atoms with van der Waals surface area (Å²) in [6.07, 6.45) is -0.707. The van der Waals surface area contributed by atoms with Crippen LogP contribution < -0.4 is 10.9 Å². The van der Waals surface area contributed by atoms with Crippen molar-refractivity contribution in [1.82, 2.24) is 9.97 Å². The summed E-state index contributed by atoms with van der Waals surface area (Å²) in [4.78, 5) is 42.3. The van der Waals surface area contributed by atoms with Gasteiger partial charge in [0.15, 0.2) is 11.5 Å². The van der Waals surface area contributed by atoms with Crippen LogP contribution in [0, 0.1) is 0 Å². The van der Waals surface area contributed by atoms with Gasteiger partial charge in [-0.15, -0.1) is 11.3 Å². The first-order chi connectivity index (χ1) is 16.4. The average Bonchev–Trinajstić information content (AvgIpc) is 3.41. The maximum Gasteiger partial charge on any atom is 0.411 e. The number of hydrogen-bond acceptors (Lipinski definition) is 7. The highest BCUT2D eigenvalue weighted by atomic mass is 32.1. The maximum atomic E-state index is 12.6. The van der Waals surface area contributed by atoms with Crippen molar-refractivity contribution in [2.45, 2.75) is 5.92 Å². The molecule has 0 bridgehead atoms. The van der Waals surface area contributed by atoms with Crippen LogP contribution in [0.25, 0.3) is 21.8 Å². The van der Waals surface area contributed by atoms with Crippen molar-refractivity contribution in [2.24, 2.45) is 0 Å². The molecule has 9 nitrogen and oxygen atoms in total. The zero-order valence-electron chi connectivity index (χ0n) is 17.4. The summed E-state index contributed by atoms with van der Waals surface area (Å²) in [7, 11) is 0. The second-order valence-electron chi connectivity index (χ2n) is 7.53. The van der Waals surface area contributed by atoms with Gasteiger partial charge in [-0.05, 0) is 33.7 Å². The number of carboxylic acids is 1. The van der Waals surface area contributed by atoms with Crippen LogP contribution >= 0.6 is 11.3 Å². The zero-order chi connectivity index (χ0) is 23.8. The van der Waals surface area contributed by atoms with Crippen LogP contribution in [0.1, 0.15) is 27.5 Å². The molecule has 170 valence electrons. The number of aromatic hydroxyl groups is 1. The Labute approximate surface area is 196 Å². The third-order valence-electron chi connectivity index (χ3n) is 5.56. The fourth-order valence-electron chi connectivity index (χ4n) is 4.06. The summed E-state index contributed by atoms with van der Waals surface area (Å²) < 4.78 is 5.54. The molecule has 1 aliphatic rings. The molecule has 0 radical (unpaired) electrons. The molecule has 2 aromatic carbocycles. The molecule has 10 heteroatoms. The highest BCUT2D eigenvalue weighted by molar-refractivity contribution is 7.14. The number of ether oxygens (including phenoxy) is 1. The summed E-state index contributed by atoms with van der Waals surface area (Å²) in [6.45, 7) is 0.122. The van der Waals surface area contributed by atoms with Crippen molar-refractivity contribution in [3.63, 3.8) is 0 Å². The van der Waals surface area contributed by atoms with Gasteiger partial charge in [-0.25, -0.2) is 14.6 Å². The first-order valence-corrected chi connectivity index (χ1v) is 11.1. The van der Waals surface area contributed by atoms with E-state index in [1.165, 1.54) is 0 Å². The standard InChI is InChI=1S/C24H17N3O6S/c28-19-18(23(30)31)26-21(27-22(19)29)20-17(9-10-34-20)25-24(32)33-11-16-14-7-3-1-5-12(14)13-6-2-4-8-15(13)16/h1-10,16,28H,11H2,(H,25,32)(H,30,31)(H,26,27,29). The molecule has 4 N–H and O–H groups in total. The molecule has 2 heterocycles. The Hall–Kier alpha value is -4.44. The van der Waals surface area contributed by atoms with Gasteiger partial charge in [0.2, 0.25) is 5.75 Å². The summed E-state index contributed by atoms with van der Waals surface area (Å²) in [5.74, 6) is -2.73. The normalized spacial score (nSPS) is 12.1. The minimum absolute atomic E-state index is 0.0934. The quantitative estimate of drug-likeness (QED) is 0.338. The summed E-state index contributed by atoms with van der Waals surface area (Å²) >= 11 is 1.13. The lowest BCUT2D eigenvalue weighted by Crippen LogP contribution is -2.18. The number of nitrogens with one attached hydrogen (secondary N) is 2. The number of thiophene rings is 1. The summed E-state index contributed by atoms with van der Waals surface area (Å²) in [5, 5.41) is 23.1. The lowest BCUT2D eigenvalue weighted by molar-refractivity contribution is 0.0686. The molecule has 2 aromatic heterocycles. The van der Waals surface area contributed by atoms with Crippen molar-refractivity contribution >= 4 is 29.1 Å². The van der Waals surface area contributed by atoms with Crippen LogP contribution in [0.5, 0.6) is 5.75 Å². The number of rotatable bonds is 5. The van der Waals surface area contributed by atoms with Crippen LogP contribution in [0.2, 0.25) is 0 Å². The fraction of sp³-hybridized carbons (Fsp3) is 0.0833. The Balaban J connectivity index is 1.35. The van der Waals surface area contributed by atoms with Gasteiger partial charge in [0.25, 0.3) is 5.56 Å². The van der Waals surface area contributed by atoms with Gasteiger partial charge >= 0.3 is 12.1 Å². The van der Waals surface area contributed by atoms with Crippen LogP contribution in [-0.4, -0.2) is 38.9 Å². The van der Waals surface area contributed by atoms with E-state index in [2.05, 4.69) is 15.3 Å². The summed E-state index contributed by atoms with van der Waals surface area (Å²) in [5.41, 5.74) is 2.90. The van der Waals surface area contributed by atoms with Crippen LogP contribution in [0.15, 0.2) is 64.8 Å². The molecule has 0 fully saturated rings. The number of carboxylic acid groups (broad SMARTS) is 1. The maximum absolute atomic E-state index is 12.6. The molecule has 0 aliphatic heterocycles. The Morgan fingerprint density at radius 2 is 1.71 bits per heavy atom. The highest BCUT2D eigenvalue weighted by Gasteiger charge is 2.29. The minimum atomic E-state index is -1.55. The molecule has 0 atom stereocenters. The number of aromatic carboxylic acids is 1. The molecule has 0 unspecified atom stereocenters. The minimum Gasteiger partial charge on any atom is -0.501 e. The Morgan fingerprint density at radius 1 is 1.06 bits per heavy atom. The number of carbonyl (C=O) groups is 2. The average molecular weight is 475 g/mol. The number of fused-ring (bicyclic) bond motifs is 3. The molecule has 0 saturated heterocycles. The smallest absolute Gasteiger partial charge is 0.411 e. The number of carbonyl (C=O) groups excluding carboxylic acids is 1. The molecule has 0 saturated carbocycles. The number of aromatic amines is 1. The molecular weight excluding hydrogens is 458 g/mol. The number of hydrogen-bond donors (Lipinski definition) is 4. The summed E-state index contributed by atoms with van der Waals surface area (Å²) in [6, 6.07) is 17.6. The molecule has 34 heavy (non-hydrogen) atoms. The van der Waals surface area contributed by atoms with Gasteiger partial charge < -0.3 is 19.9 Å². The van der Waals surface area contributed by atoms with Crippen molar-refractivity contribution in [2.75, 3.05) is 11.9 Å². The van der Waals surface area contributed by atoms with Crippen LogP contribution in [-0.2, 0) is 4.74 Å². The number of anilines is 1. The number of H-pyrrole nitrogens is 1. The third kappa shape index (κ3) is 3.69. The number of amides is 1. The van der Waals surface area contributed by atoms with E-state index in [0.717, 1.165) is 33.6 Å². The second kappa shape index (κ2) is 8.49. The van der Waals surface area contributed by atoms with Crippen molar-refractivity contribution < 1.29 is 24.5 Å². The molecule has 0 spiro atoms. The second-order valence-corrected chi connectivity index (χ2v) is 8.45. The monoisotopic (exact) mass is 475 g/mol. The predicted octanol–water partition coefficient (Wildman–Crippen LogP) is 4.26. The lowest BCUT2D eigenvalue weighted by atomic mass is 9.98. The van der Waals surface area contributed by atoms with E-state index < -0.39 is 29.1 Å². The third-order valence-corrected chi connectivity index (χ3v) is 6.48. The Bertz CT molecular complexity index is 1450. The van der Waals surface area contributed by atoms with E-state index in [1.807, 2.05) is 48.5 Å². The largest absolute Gasteiger partial charge is 0.501 e. The van der Waals surface area contributed by atoms with Crippen molar-refractivity contribution in [3.8, 4) is 27.6 Å². The Morgan fingerprint density at radius 3 is 2.35 bits per heavy atom. The van der Waals surface area contributed by atoms with Crippen LogP contribution in [0.4, 0.5) is 10.5 Å². The number of benzene rings is 2. The van der Waals surface area contributed by atoms with E-state index in [1.54, 1.807) is 11.4 Å². The molecule has 1 aliphatic carbocycles. The van der Waals surface area contributed by atoms with Crippen LogP contribution in [0.3, 0.4) is 0 Å². The topological polar surface area (TPSA) is 142 Å².